The Kier molecular flexibility index (Phi) is 8.01. The van der Waals surface area contributed by atoms with Crippen molar-refractivity contribution >= 4 is 34.5 Å². The molecule has 0 spiro atoms. The minimum Gasteiger partial charge on any atom is -0.484 e. The normalized spacial score (nSPS) is 9.90. The topological polar surface area (TPSA) is 64.6 Å². The van der Waals surface area contributed by atoms with E-state index in [2.05, 4.69) is 27.9 Å². The van der Waals surface area contributed by atoms with Gasteiger partial charge < -0.3 is 14.8 Å². The Morgan fingerprint density at radius 3 is 2.60 bits per heavy atom. The van der Waals surface area contributed by atoms with Gasteiger partial charge in [0.05, 0.1) is 6.61 Å². The molecule has 1 aromatic carbocycles. The Labute approximate surface area is 132 Å². The summed E-state index contributed by atoms with van der Waals surface area (Å²) in [4.78, 5) is 22.6. The Morgan fingerprint density at radius 2 is 1.95 bits per heavy atom. The summed E-state index contributed by atoms with van der Waals surface area (Å²) in [5.41, 5.74) is 0. The average molecular weight is 391 g/mol. The molecule has 1 N–H and O–H groups in total. The first-order valence-electron chi connectivity index (χ1n) is 6.42. The highest BCUT2D eigenvalue weighted by atomic mass is 127. The van der Waals surface area contributed by atoms with Gasteiger partial charge in [-0.3, -0.25) is 9.59 Å². The standard InChI is InChI=1S/C14H18INO4/c1-2-19-14(18)4-3-9-16-13(17)10-20-12-7-5-11(15)6-8-12/h5-8H,2-4,9-10H2,1H3,(H,16,17). The van der Waals surface area contributed by atoms with E-state index in [4.69, 9.17) is 9.47 Å². The summed E-state index contributed by atoms with van der Waals surface area (Å²) in [5, 5.41) is 2.69. The zero-order valence-corrected chi connectivity index (χ0v) is 13.5. The number of hydrogen-bond acceptors (Lipinski definition) is 4. The lowest BCUT2D eigenvalue weighted by Crippen LogP contribution is -2.30. The van der Waals surface area contributed by atoms with Gasteiger partial charge in [-0.1, -0.05) is 0 Å². The quantitative estimate of drug-likeness (QED) is 0.419. The second-order valence-corrected chi connectivity index (χ2v) is 5.25. The number of rotatable bonds is 8. The highest BCUT2D eigenvalue weighted by Gasteiger charge is 2.04. The van der Waals surface area contributed by atoms with Crippen LogP contribution < -0.4 is 10.1 Å². The maximum Gasteiger partial charge on any atom is 0.305 e. The van der Waals surface area contributed by atoms with E-state index in [9.17, 15) is 9.59 Å². The molecular formula is C14H18INO4. The third-order valence-corrected chi connectivity index (χ3v) is 3.09. The number of ether oxygens (including phenoxy) is 2. The fraction of sp³-hybridized carbons (Fsp3) is 0.429. The molecule has 5 nitrogen and oxygen atoms in total. The predicted molar refractivity (Wildman–Crippen MR) is 83.5 cm³/mol. The van der Waals surface area contributed by atoms with Crippen molar-refractivity contribution in [2.45, 2.75) is 19.8 Å². The predicted octanol–water partition coefficient (Wildman–Crippen LogP) is 2.13. The Morgan fingerprint density at radius 1 is 1.25 bits per heavy atom. The number of benzene rings is 1. The van der Waals surface area contributed by atoms with Crippen molar-refractivity contribution in [2.75, 3.05) is 19.8 Å². The number of amides is 1. The second-order valence-electron chi connectivity index (χ2n) is 4.00. The van der Waals surface area contributed by atoms with E-state index in [0.717, 1.165) is 3.57 Å². The van der Waals surface area contributed by atoms with Crippen molar-refractivity contribution in [3.8, 4) is 5.75 Å². The molecule has 0 radical (unpaired) electrons. The molecular weight excluding hydrogens is 373 g/mol. The van der Waals surface area contributed by atoms with Crippen LogP contribution in [-0.2, 0) is 14.3 Å². The molecule has 1 aromatic rings. The van der Waals surface area contributed by atoms with Gasteiger partial charge in [-0.15, -0.1) is 0 Å². The van der Waals surface area contributed by atoms with E-state index < -0.39 is 0 Å². The molecule has 6 heteroatoms. The maximum absolute atomic E-state index is 11.5. The van der Waals surface area contributed by atoms with Crippen molar-refractivity contribution in [2.24, 2.45) is 0 Å². The van der Waals surface area contributed by atoms with Crippen LogP contribution in [0.15, 0.2) is 24.3 Å². The third-order valence-electron chi connectivity index (χ3n) is 2.37. The van der Waals surface area contributed by atoms with Gasteiger partial charge in [-0.25, -0.2) is 0 Å². The van der Waals surface area contributed by atoms with Crippen LogP contribution in [0.2, 0.25) is 0 Å². The molecule has 0 bridgehead atoms. The number of esters is 1. The molecule has 0 atom stereocenters. The Balaban J connectivity index is 2.11. The number of nitrogens with one attached hydrogen (secondary N) is 1. The molecule has 0 heterocycles. The summed E-state index contributed by atoms with van der Waals surface area (Å²) in [6, 6.07) is 7.45. The summed E-state index contributed by atoms with van der Waals surface area (Å²) in [7, 11) is 0. The van der Waals surface area contributed by atoms with Crippen LogP contribution in [0.1, 0.15) is 19.8 Å². The first-order valence-corrected chi connectivity index (χ1v) is 7.50. The van der Waals surface area contributed by atoms with Crippen LogP contribution in [0, 0.1) is 3.57 Å². The van der Waals surface area contributed by atoms with Crippen LogP contribution >= 0.6 is 22.6 Å². The number of halogens is 1. The lowest BCUT2D eigenvalue weighted by molar-refractivity contribution is -0.143. The largest absolute Gasteiger partial charge is 0.484 e. The van der Waals surface area contributed by atoms with E-state index in [1.165, 1.54) is 0 Å². The summed E-state index contributed by atoms with van der Waals surface area (Å²) < 4.78 is 11.2. The molecule has 0 aromatic heterocycles. The fourth-order valence-electron chi connectivity index (χ4n) is 1.42. The molecule has 1 rings (SSSR count). The lowest BCUT2D eigenvalue weighted by Gasteiger charge is -2.07. The zero-order valence-electron chi connectivity index (χ0n) is 11.4. The fourth-order valence-corrected chi connectivity index (χ4v) is 1.78. The number of hydrogen-bond donors (Lipinski definition) is 1. The SMILES string of the molecule is CCOC(=O)CCCNC(=O)COc1ccc(I)cc1. The van der Waals surface area contributed by atoms with E-state index in [0.29, 0.717) is 31.7 Å². The summed E-state index contributed by atoms with van der Waals surface area (Å²) in [6.45, 7) is 2.56. The molecule has 0 unspecified atom stereocenters. The van der Waals surface area contributed by atoms with E-state index in [-0.39, 0.29) is 18.5 Å². The number of carbonyl (C=O) groups excluding carboxylic acids is 2. The van der Waals surface area contributed by atoms with Gasteiger partial charge in [0.15, 0.2) is 6.61 Å². The van der Waals surface area contributed by atoms with Crippen LogP contribution in [0.3, 0.4) is 0 Å². The molecule has 0 aliphatic rings. The van der Waals surface area contributed by atoms with Crippen molar-refractivity contribution in [1.82, 2.24) is 5.32 Å². The zero-order chi connectivity index (χ0) is 14.8. The second kappa shape index (κ2) is 9.57. The van der Waals surface area contributed by atoms with Crippen LogP contribution in [0.4, 0.5) is 0 Å². The maximum atomic E-state index is 11.5. The molecule has 0 aliphatic carbocycles. The first kappa shape index (κ1) is 16.7. The van der Waals surface area contributed by atoms with Gasteiger partial charge in [0.2, 0.25) is 0 Å². The van der Waals surface area contributed by atoms with Gasteiger partial charge in [0.25, 0.3) is 5.91 Å². The van der Waals surface area contributed by atoms with Crippen LogP contribution in [0.25, 0.3) is 0 Å². The summed E-state index contributed by atoms with van der Waals surface area (Å²) >= 11 is 2.20. The van der Waals surface area contributed by atoms with Gasteiger partial charge >= 0.3 is 5.97 Å². The minimum atomic E-state index is -0.239. The molecule has 0 aliphatic heterocycles. The van der Waals surface area contributed by atoms with Gasteiger partial charge in [0.1, 0.15) is 5.75 Å². The van der Waals surface area contributed by atoms with Crippen molar-refractivity contribution in [1.29, 1.82) is 0 Å². The monoisotopic (exact) mass is 391 g/mol. The van der Waals surface area contributed by atoms with Gasteiger partial charge in [-0.05, 0) is 60.2 Å². The van der Waals surface area contributed by atoms with Crippen LogP contribution in [0.5, 0.6) is 5.75 Å². The van der Waals surface area contributed by atoms with E-state index in [1.807, 2.05) is 24.3 Å². The average Bonchev–Trinajstić information content (AvgIpc) is 2.43. The smallest absolute Gasteiger partial charge is 0.305 e. The Hall–Kier alpha value is -1.31. The third kappa shape index (κ3) is 7.32. The van der Waals surface area contributed by atoms with Crippen molar-refractivity contribution in [3.05, 3.63) is 27.8 Å². The summed E-state index contributed by atoms with van der Waals surface area (Å²) in [5.74, 6) is 0.219. The van der Waals surface area contributed by atoms with Gasteiger partial charge in [-0.2, -0.15) is 0 Å². The number of carbonyl (C=O) groups is 2. The molecule has 110 valence electrons. The van der Waals surface area contributed by atoms with E-state index >= 15 is 0 Å². The molecule has 0 saturated carbocycles. The minimum absolute atomic E-state index is 0.0278. The Bertz CT molecular complexity index is 433. The van der Waals surface area contributed by atoms with Crippen molar-refractivity contribution < 1.29 is 19.1 Å². The summed E-state index contributed by atoms with van der Waals surface area (Å²) in [6.07, 6.45) is 0.875. The molecule has 0 saturated heterocycles. The van der Waals surface area contributed by atoms with E-state index in [1.54, 1.807) is 6.92 Å². The highest BCUT2D eigenvalue weighted by molar-refractivity contribution is 14.1. The van der Waals surface area contributed by atoms with Crippen LogP contribution in [-0.4, -0.2) is 31.6 Å². The molecule has 20 heavy (non-hydrogen) atoms. The lowest BCUT2D eigenvalue weighted by atomic mass is 10.3. The highest BCUT2D eigenvalue weighted by Crippen LogP contribution is 2.13. The first-order chi connectivity index (χ1) is 9.61. The molecule has 0 fully saturated rings. The molecule has 1 amide bonds. The van der Waals surface area contributed by atoms with Gasteiger partial charge in [0, 0.05) is 16.5 Å². The van der Waals surface area contributed by atoms with Crippen molar-refractivity contribution in [3.63, 3.8) is 0 Å².